The smallest absolute Gasteiger partial charge is 0.239 e. The van der Waals surface area contributed by atoms with Gasteiger partial charge >= 0.3 is 0 Å². The Morgan fingerprint density at radius 2 is 1.84 bits per heavy atom. The molecular weight excluding hydrogens is 418 g/mol. The average Bonchev–Trinajstić information content (AvgIpc) is 3.13. The quantitative estimate of drug-likeness (QED) is 0.599. The third kappa shape index (κ3) is 4.33. The molecule has 6 heteroatoms. The van der Waals surface area contributed by atoms with Crippen molar-refractivity contribution in [1.29, 1.82) is 0 Å². The minimum atomic E-state index is -0.242. The second-order valence-corrected chi connectivity index (χ2v) is 10.1. The molecule has 5 rings (SSSR count). The molecule has 168 valence electrons. The van der Waals surface area contributed by atoms with Gasteiger partial charge in [0.2, 0.25) is 5.91 Å². The van der Waals surface area contributed by atoms with Crippen molar-refractivity contribution < 1.29 is 9.59 Å². The zero-order chi connectivity index (χ0) is 21.9. The summed E-state index contributed by atoms with van der Waals surface area (Å²) < 4.78 is 0. The zero-order valence-corrected chi connectivity index (χ0v) is 19.3. The maximum Gasteiger partial charge on any atom is 0.239 e. The van der Waals surface area contributed by atoms with Crippen molar-refractivity contribution in [2.45, 2.75) is 69.9 Å². The fourth-order valence-corrected chi connectivity index (χ4v) is 6.21. The van der Waals surface area contributed by atoms with Crippen LogP contribution in [0.3, 0.4) is 0 Å². The third-order valence-corrected chi connectivity index (χ3v) is 7.81. The zero-order valence-electron chi connectivity index (χ0n) is 18.4. The van der Waals surface area contributed by atoms with E-state index in [1.807, 2.05) is 24.3 Å². The molecule has 32 heavy (non-hydrogen) atoms. The number of nitrogens with zero attached hydrogens (tertiary/aromatic N) is 1. The number of hydrogen-bond donors (Lipinski definition) is 2. The van der Waals surface area contributed by atoms with E-state index < -0.39 is 0 Å². The monoisotopic (exact) mass is 449 g/mol. The summed E-state index contributed by atoms with van der Waals surface area (Å²) in [5.41, 5.74) is 3.79. The van der Waals surface area contributed by atoms with Gasteiger partial charge in [0, 0.05) is 28.6 Å². The molecule has 3 aliphatic rings. The van der Waals surface area contributed by atoms with Gasteiger partial charge in [-0.2, -0.15) is 0 Å². The van der Waals surface area contributed by atoms with Crippen LogP contribution in [0.2, 0.25) is 0 Å². The van der Waals surface area contributed by atoms with E-state index in [-0.39, 0.29) is 30.3 Å². The van der Waals surface area contributed by atoms with E-state index in [1.165, 1.54) is 25.7 Å². The molecule has 2 aromatic rings. The molecule has 0 saturated heterocycles. The summed E-state index contributed by atoms with van der Waals surface area (Å²) >= 11 is 1.65. The highest BCUT2D eigenvalue weighted by atomic mass is 32.1. The first-order valence-electron chi connectivity index (χ1n) is 11.9. The lowest BCUT2D eigenvalue weighted by molar-refractivity contribution is -0.121. The van der Waals surface area contributed by atoms with Crippen LogP contribution in [0, 0.1) is 0 Å². The summed E-state index contributed by atoms with van der Waals surface area (Å²) in [4.78, 5) is 29.8. The molecule has 1 amide bonds. The number of carbonyl (C=O) groups excluding carboxylic acids is 2. The van der Waals surface area contributed by atoms with Crippen LogP contribution in [0.25, 0.3) is 0 Å². The van der Waals surface area contributed by atoms with Crippen LogP contribution in [0.4, 0.5) is 11.4 Å². The van der Waals surface area contributed by atoms with Crippen LogP contribution in [0.1, 0.15) is 68.7 Å². The van der Waals surface area contributed by atoms with Crippen LogP contribution < -0.4 is 15.5 Å². The number of para-hydroxylation sites is 2. The summed E-state index contributed by atoms with van der Waals surface area (Å²) in [6.07, 6.45) is 9.31. The fraction of sp³-hybridized carbons (Fsp3) is 0.462. The maximum absolute atomic E-state index is 13.3. The largest absolute Gasteiger partial charge is 0.357 e. The Labute approximate surface area is 193 Å². The van der Waals surface area contributed by atoms with Gasteiger partial charge in [-0.1, -0.05) is 43.9 Å². The number of Topliss-reactive ketones (excluding diaryl/α,β-unsaturated/α-hetero) is 1. The first-order chi connectivity index (χ1) is 15.7. The molecule has 1 fully saturated rings. The van der Waals surface area contributed by atoms with Gasteiger partial charge in [-0.15, -0.1) is 11.3 Å². The van der Waals surface area contributed by atoms with Gasteiger partial charge in [-0.25, -0.2) is 0 Å². The molecule has 0 radical (unpaired) electrons. The summed E-state index contributed by atoms with van der Waals surface area (Å²) in [5.74, 6) is 0.236. The average molecular weight is 450 g/mol. The number of allylic oxidation sites excluding steroid dienone is 1. The van der Waals surface area contributed by atoms with E-state index in [1.54, 1.807) is 11.3 Å². The number of thiophene rings is 1. The number of anilines is 2. The molecule has 2 aliphatic carbocycles. The lowest BCUT2D eigenvalue weighted by atomic mass is 9.88. The molecule has 1 saturated carbocycles. The number of nitrogens with one attached hydrogen (secondary N) is 2. The third-order valence-electron chi connectivity index (χ3n) is 6.89. The normalized spacial score (nSPS) is 21.8. The first kappa shape index (κ1) is 21.3. The second-order valence-electron chi connectivity index (χ2n) is 9.11. The summed E-state index contributed by atoms with van der Waals surface area (Å²) in [6, 6.07) is 12.3. The molecule has 2 N–H and O–H groups in total. The predicted octanol–water partition coefficient (Wildman–Crippen LogP) is 5.57. The predicted molar refractivity (Wildman–Crippen MR) is 130 cm³/mol. The molecule has 0 spiro atoms. The van der Waals surface area contributed by atoms with E-state index in [2.05, 4.69) is 33.0 Å². The number of hydrogen-bond acceptors (Lipinski definition) is 5. The number of fused-ring (bicyclic) bond motifs is 1. The van der Waals surface area contributed by atoms with Gasteiger partial charge in [0.05, 0.1) is 24.0 Å². The molecule has 1 atom stereocenters. The first-order valence-corrected chi connectivity index (χ1v) is 12.8. The van der Waals surface area contributed by atoms with Gasteiger partial charge in [-0.05, 0) is 49.3 Å². The number of rotatable bonds is 4. The number of ketones is 1. The maximum atomic E-state index is 13.3. The Morgan fingerprint density at radius 1 is 1.03 bits per heavy atom. The number of carbonyl (C=O) groups is 2. The Hall–Kier alpha value is -2.60. The molecule has 5 nitrogen and oxygen atoms in total. The van der Waals surface area contributed by atoms with Crippen LogP contribution in [-0.2, 0) is 9.59 Å². The van der Waals surface area contributed by atoms with E-state index in [9.17, 15) is 9.59 Å². The highest BCUT2D eigenvalue weighted by Crippen LogP contribution is 2.45. The standard InChI is InChI=1S/C26H31N3O2S/c30-22-14-7-12-20-25(22)26(23-15-8-16-32-23)29(21-13-6-5-11-19(21)28-20)17-24(31)27-18-9-3-1-2-4-10-18/h5-6,8,11,13,15-16,18,26,28H,1-4,7,9-10,12,14,17H2,(H,27,31)/t26-/m0/s1. The number of benzene rings is 1. The fourth-order valence-electron chi connectivity index (χ4n) is 5.37. The van der Waals surface area contributed by atoms with Crippen molar-refractivity contribution in [3.05, 3.63) is 57.9 Å². The van der Waals surface area contributed by atoms with Gasteiger partial charge in [-0.3, -0.25) is 9.59 Å². The molecule has 0 unspecified atom stereocenters. The minimum absolute atomic E-state index is 0.0422. The molecule has 1 aromatic carbocycles. The molecule has 2 heterocycles. The topological polar surface area (TPSA) is 61.4 Å². The van der Waals surface area contributed by atoms with Crippen molar-refractivity contribution in [3.63, 3.8) is 0 Å². The van der Waals surface area contributed by atoms with Gasteiger partial charge in [0.25, 0.3) is 0 Å². The number of amides is 1. The summed E-state index contributed by atoms with van der Waals surface area (Å²) in [7, 11) is 0. The molecule has 0 bridgehead atoms. The molecule has 1 aromatic heterocycles. The van der Waals surface area contributed by atoms with Crippen molar-refractivity contribution >= 4 is 34.4 Å². The highest BCUT2D eigenvalue weighted by molar-refractivity contribution is 7.10. The van der Waals surface area contributed by atoms with Crippen LogP contribution in [0.5, 0.6) is 0 Å². The van der Waals surface area contributed by atoms with E-state index in [0.29, 0.717) is 6.42 Å². The Balaban J connectivity index is 1.52. The van der Waals surface area contributed by atoms with E-state index in [4.69, 9.17) is 0 Å². The highest BCUT2D eigenvalue weighted by Gasteiger charge is 2.38. The Morgan fingerprint density at radius 3 is 2.62 bits per heavy atom. The van der Waals surface area contributed by atoms with Gasteiger partial charge in [0.15, 0.2) is 5.78 Å². The Bertz CT molecular complexity index is 1010. The molecular formula is C26H31N3O2S. The molecule has 1 aliphatic heterocycles. The summed E-state index contributed by atoms with van der Waals surface area (Å²) in [5, 5.41) is 8.93. The van der Waals surface area contributed by atoms with Crippen molar-refractivity contribution in [3.8, 4) is 0 Å². The minimum Gasteiger partial charge on any atom is -0.357 e. The van der Waals surface area contributed by atoms with Crippen LogP contribution in [-0.4, -0.2) is 24.3 Å². The Kier molecular flexibility index (Phi) is 6.30. The second kappa shape index (κ2) is 9.49. The van der Waals surface area contributed by atoms with Crippen LogP contribution >= 0.6 is 11.3 Å². The van der Waals surface area contributed by atoms with E-state index in [0.717, 1.165) is 53.2 Å². The van der Waals surface area contributed by atoms with E-state index >= 15 is 0 Å². The SMILES string of the molecule is O=C(CN1c2ccccc2NC2=C(C(=O)CCC2)[C@@H]1c1cccs1)NC1CCCCCC1. The van der Waals surface area contributed by atoms with Crippen molar-refractivity contribution in [2.24, 2.45) is 0 Å². The van der Waals surface area contributed by atoms with Crippen LogP contribution in [0.15, 0.2) is 53.0 Å². The summed E-state index contributed by atoms with van der Waals surface area (Å²) in [6.45, 7) is 0.238. The van der Waals surface area contributed by atoms with Crippen molar-refractivity contribution in [1.82, 2.24) is 5.32 Å². The lowest BCUT2D eigenvalue weighted by Crippen LogP contribution is -2.44. The van der Waals surface area contributed by atoms with Crippen molar-refractivity contribution in [2.75, 3.05) is 16.8 Å². The van der Waals surface area contributed by atoms with Gasteiger partial charge < -0.3 is 15.5 Å². The van der Waals surface area contributed by atoms with Gasteiger partial charge in [0.1, 0.15) is 0 Å². The lowest BCUT2D eigenvalue weighted by Gasteiger charge is -2.34.